The minimum absolute atomic E-state index is 0.0400. The molecule has 0 saturated carbocycles. The number of benzene rings is 3. The van der Waals surface area contributed by atoms with Crippen molar-refractivity contribution in [1.29, 1.82) is 0 Å². The van der Waals surface area contributed by atoms with Gasteiger partial charge in [0.15, 0.2) is 0 Å². The van der Waals surface area contributed by atoms with Crippen LogP contribution in [0.5, 0.6) is 11.5 Å². The maximum absolute atomic E-state index is 10.0. The predicted molar refractivity (Wildman–Crippen MR) is 95.8 cm³/mol. The maximum Gasteiger partial charge on any atom is 0.119 e. The molecule has 0 aliphatic heterocycles. The number of methoxy groups -OCH3 is 2. The highest BCUT2D eigenvalue weighted by Gasteiger charge is 2.21. The fourth-order valence-corrected chi connectivity index (χ4v) is 3.75. The minimum Gasteiger partial charge on any atom is -0.497 e. The molecule has 0 unspecified atom stereocenters. The van der Waals surface area contributed by atoms with E-state index in [1.807, 2.05) is 18.2 Å². The highest BCUT2D eigenvalue weighted by Crippen LogP contribution is 2.40. The van der Waals surface area contributed by atoms with Crippen LogP contribution in [0.15, 0.2) is 42.5 Å². The third-order valence-electron chi connectivity index (χ3n) is 4.98. The average Bonchev–Trinajstić information content (AvgIpc) is 2.64. The summed E-state index contributed by atoms with van der Waals surface area (Å²) in [6, 6.07) is 14.5. The fraction of sp³-hybridized carbons (Fsp3) is 0.238. The summed E-state index contributed by atoms with van der Waals surface area (Å²) in [5.74, 6) is 1.71. The first kappa shape index (κ1) is 15.0. The van der Waals surface area contributed by atoms with Crippen molar-refractivity contribution in [3.63, 3.8) is 0 Å². The molecule has 3 aromatic carbocycles. The molecule has 1 aliphatic carbocycles. The first-order chi connectivity index (χ1) is 11.7. The van der Waals surface area contributed by atoms with E-state index in [1.54, 1.807) is 14.2 Å². The van der Waals surface area contributed by atoms with Crippen molar-refractivity contribution in [1.82, 2.24) is 0 Å². The van der Waals surface area contributed by atoms with E-state index in [1.165, 1.54) is 22.3 Å². The molecule has 0 aromatic heterocycles. The highest BCUT2D eigenvalue weighted by molar-refractivity contribution is 5.94. The molecule has 0 saturated heterocycles. The normalized spacial score (nSPS) is 12.6. The molecular weight excluding hydrogens is 300 g/mol. The molecule has 3 heteroatoms. The van der Waals surface area contributed by atoms with Crippen LogP contribution in [0.3, 0.4) is 0 Å². The van der Waals surface area contributed by atoms with Crippen LogP contribution in [0.2, 0.25) is 0 Å². The van der Waals surface area contributed by atoms with Crippen molar-refractivity contribution in [3.05, 3.63) is 59.2 Å². The Morgan fingerprint density at radius 3 is 2.38 bits per heavy atom. The van der Waals surface area contributed by atoms with Gasteiger partial charge in [-0.1, -0.05) is 12.1 Å². The van der Waals surface area contributed by atoms with Crippen LogP contribution in [-0.4, -0.2) is 19.3 Å². The van der Waals surface area contributed by atoms with Gasteiger partial charge in [-0.05, 0) is 81.8 Å². The van der Waals surface area contributed by atoms with E-state index >= 15 is 0 Å². The van der Waals surface area contributed by atoms with Gasteiger partial charge >= 0.3 is 0 Å². The van der Waals surface area contributed by atoms with Gasteiger partial charge in [-0.3, -0.25) is 0 Å². The largest absolute Gasteiger partial charge is 0.497 e. The molecule has 24 heavy (non-hydrogen) atoms. The first-order valence-electron chi connectivity index (χ1n) is 8.16. The van der Waals surface area contributed by atoms with Gasteiger partial charge in [0.2, 0.25) is 0 Å². The molecule has 0 radical (unpaired) electrons. The Labute approximate surface area is 141 Å². The van der Waals surface area contributed by atoms with Gasteiger partial charge in [-0.15, -0.1) is 0 Å². The maximum atomic E-state index is 10.0. The summed E-state index contributed by atoms with van der Waals surface area (Å²) >= 11 is 0. The van der Waals surface area contributed by atoms with Gasteiger partial charge in [0.05, 0.1) is 20.8 Å². The second-order valence-electron chi connectivity index (χ2n) is 6.15. The van der Waals surface area contributed by atoms with Gasteiger partial charge in [0.1, 0.15) is 11.5 Å². The smallest absolute Gasteiger partial charge is 0.119 e. The number of hydrogen-bond acceptors (Lipinski definition) is 3. The lowest BCUT2D eigenvalue weighted by Gasteiger charge is -2.24. The lowest BCUT2D eigenvalue weighted by atomic mass is 9.81. The number of aryl methyl sites for hydroxylation is 1. The van der Waals surface area contributed by atoms with Crippen molar-refractivity contribution in [3.8, 4) is 22.6 Å². The van der Waals surface area contributed by atoms with Gasteiger partial charge in [0, 0.05) is 0 Å². The van der Waals surface area contributed by atoms with E-state index in [9.17, 15) is 5.11 Å². The predicted octanol–water partition coefficient (Wildman–Crippen LogP) is 4.11. The van der Waals surface area contributed by atoms with Crippen LogP contribution in [0.4, 0.5) is 0 Å². The number of aliphatic hydroxyl groups excluding tert-OH is 1. The van der Waals surface area contributed by atoms with Crippen LogP contribution in [0.25, 0.3) is 21.9 Å². The Morgan fingerprint density at radius 2 is 1.62 bits per heavy atom. The molecule has 3 nitrogen and oxygen atoms in total. The van der Waals surface area contributed by atoms with Crippen LogP contribution in [0.1, 0.15) is 16.7 Å². The van der Waals surface area contributed by atoms with E-state index < -0.39 is 0 Å². The second-order valence-corrected chi connectivity index (χ2v) is 6.15. The Balaban J connectivity index is 1.99. The number of hydrogen-bond donors (Lipinski definition) is 1. The van der Waals surface area contributed by atoms with E-state index in [-0.39, 0.29) is 6.61 Å². The molecule has 0 heterocycles. The lowest BCUT2D eigenvalue weighted by molar-refractivity contribution is 0.282. The third-order valence-corrected chi connectivity index (χ3v) is 4.98. The zero-order valence-electron chi connectivity index (χ0n) is 13.9. The minimum atomic E-state index is 0.0400. The third kappa shape index (κ3) is 2.24. The van der Waals surface area contributed by atoms with Crippen LogP contribution < -0.4 is 9.47 Å². The van der Waals surface area contributed by atoms with Crippen molar-refractivity contribution < 1.29 is 14.6 Å². The van der Waals surface area contributed by atoms with Gasteiger partial charge in [-0.2, -0.15) is 0 Å². The van der Waals surface area contributed by atoms with E-state index in [2.05, 4.69) is 24.3 Å². The molecule has 0 spiro atoms. The Morgan fingerprint density at radius 1 is 0.875 bits per heavy atom. The van der Waals surface area contributed by atoms with E-state index in [0.717, 1.165) is 40.7 Å². The van der Waals surface area contributed by atoms with Crippen LogP contribution in [0, 0.1) is 0 Å². The monoisotopic (exact) mass is 320 g/mol. The second kappa shape index (κ2) is 5.84. The zero-order valence-corrected chi connectivity index (χ0v) is 13.9. The summed E-state index contributed by atoms with van der Waals surface area (Å²) < 4.78 is 10.7. The molecule has 122 valence electrons. The number of aliphatic hydroxyl groups is 1. The van der Waals surface area contributed by atoms with E-state index in [4.69, 9.17) is 9.47 Å². The van der Waals surface area contributed by atoms with Crippen molar-refractivity contribution in [2.75, 3.05) is 14.2 Å². The molecule has 0 bridgehead atoms. The Kier molecular flexibility index (Phi) is 3.66. The fourth-order valence-electron chi connectivity index (χ4n) is 3.75. The molecule has 3 aromatic rings. The quantitative estimate of drug-likeness (QED) is 0.789. The zero-order chi connectivity index (χ0) is 16.7. The molecule has 1 N–H and O–H groups in total. The summed E-state index contributed by atoms with van der Waals surface area (Å²) in [5, 5.41) is 12.2. The topological polar surface area (TPSA) is 38.7 Å². The number of fused-ring (bicyclic) bond motifs is 4. The molecule has 0 atom stereocenters. The number of rotatable bonds is 3. The summed E-state index contributed by atoms with van der Waals surface area (Å²) in [6.07, 6.45) is 1.89. The first-order valence-corrected chi connectivity index (χ1v) is 8.16. The Bertz CT molecular complexity index is 928. The lowest BCUT2D eigenvalue weighted by Crippen LogP contribution is -2.08. The highest BCUT2D eigenvalue weighted by atomic mass is 16.5. The van der Waals surface area contributed by atoms with Crippen molar-refractivity contribution in [2.24, 2.45) is 0 Å². The van der Waals surface area contributed by atoms with Gasteiger partial charge < -0.3 is 14.6 Å². The molecule has 4 rings (SSSR count). The SMILES string of the molecule is COc1ccc2c(c1)CCc1c-2cc2ccc(OC)cc2c1CO. The van der Waals surface area contributed by atoms with Crippen LogP contribution >= 0.6 is 0 Å². The van der Waals surface area contributed by atoms with Gasteiger partial charge in [0.25, 0.3) is 0 Å². The van der Waals surface area contributed by atoms with Crippen molar-refractivity contribution >= 4 is 10.8 Å². The van der Waals surface area contributed by atoms with Gasteiger partial charge in [-0.25, -0.2) is 0 Å². The summed E-state index contributed by atoms with van der Waals surface area (Å²) in [6.45, 7) is 0.0400. The Hall–Kier alpha value is -2.52. The van der Waals surface area contributed by atoms with Crippen molar-refractivity contribution in [2.45, 2.75) is 19.4 Å². The average molecular weight is 320 g/mol. The summed E-state index contributed by atoms with van der Waals surface area (Å²) in [4.78, 5) is 0. The summed E-state index contributed by atoms with van der Waals surface area (Å²) in [7, 11) is 3.37. The van der Waals surface area contributed by atoms with E-state index in [0.29, 0.717) is 0 Å². The molecule has 1 aliphatic rings. The summed E-state index contributed by atoms with van der Waals surface area (Å²) in [5.41, 5.74) is 6.03. The standard InChI is InChI=1S/C21H20O3/c1-23-15-6-8-17-13(9-15)4-7-18-20(17)10-14-3-5-16(24-2)11-19(14)21(18)12-22/h3,5-6,8-11,22H,4,7,12H2,1-2H3. The van der Waals surface area contributed by atoms with Crippen LogP contribution in [-0.2, 0) is 19.4 Å². The molecule has 0 fully saturated rings. The molecule has 0 amide bonds. The molecular formula is C21H20O3. The number of ether oxygens (including phenoxy) is 2.